The van der Waals surface area contributed by atoms with E-state index in [1.54, 1.807) is 18.4 Å². The van der Waals surface area contributed by atoms with Gasteiger partial charge < -0.3 is 10.2 Å². The minimum atomic E-state index is -0.574. The van der Waals surface area contributed by atoms with Crippen LogP contribution in [0.1, 0.15) is 39.2 Å². The van der Waals surface area contributed by atoms with Gasteiger partial charge in [0.2, 0.25) is 11.8 Å². The van der Waals surface area contributed by atoms with Gasteiger partial charge in [0.05, 0.1) is 5.41 Å². The zero-order valence-electron chi connectivity index (χ0n) is 17.2. The standard InChI is InChI=1S/C23H30N2O2S/c1-22(2,3)15-20(26)25-12-11-23(16-25,21(27)24-4)14-17-8-5-6-9-18(17)19-10-7-13-28-19/h5-10,13H,11-12,14-16H2,1-4H3,(H,24,27). The molecule has 1 aliphatic heterocycles. The quantitative estimate of drug-likeness (QED) is 0.814. The van der Waals surface area contributed by atoms with Crippen molar-refractivity contribution in [3.05, 3.63) is 47.3 Å². The van der Waals surface area contributed by atoms with Crippen LogP contribution in [-0.2, 0) is 16.0 Å². The lowest BCUT2D eigenvalue weighted by Crippen LogP contribution is -2.44. The molecule has 1 N–H and O–H groups in total. The first-order valence-electron chi connectivity index (χ1n) is 9.86. The number of benzene rings is 1. The van der Waals surface area contributed by atoms with E-state index in [9.17, 15) is 9.59 Å². The molecule has 0 spiro atoms. The SMILES string of the molecule is CNC(=O)C1(Cc2ccccc2-c2cccs2)CCN(C(=O)CC(C)(C)C)C1. The van der Waals surface area contributed by atoms with Crippen molar-refractivity contribution in [2.24, 2.45) is 10.8 Å². The summed E-state index contributed by atoms with van der Waals surface area (Å²) in [5, 5.41) is 4.93. The van der Waals surface area contributed by atoms with Gasteiger partial charge in [0, 0.05) is 31.4 Å². The van der Waals surface area contributed by atoms with Crippen LogP contribution in [0.5, 0.6) is 0 Å². The molecule has 2 amide bonds. The van der Waals surface area contributed by atoms with Crippen LogP contribution in [0.4, 0.5) is 0 Å². The van der Waals surface area contributed by atoms with Gasteiger partial charge >= 0.3 is 0 Å². The van der Waals surface area contributed by atoms with Crippen LogP contribution in [0.25, 0.3) is 10.4 Å². The number of likely N-dealkylation sites (tertiary alicyclic amines) is 1. The van der Waals surface area contributed by atoms with E-state index in [0.717, 1.165) is 0 Å². The van der Waals surface area contributed by atoms with Gasteiger partial charge in [-0.1, -0.05) is 51.1 Å². The highest BCUT2D eigenvalue weighted by Gasteiger charge is 2.46. The molecule has 3 rings (SSSR count). The van der Waals surface area contributed by atoms with Gasteiger partial charge in [-0.05, 0) is 40.8 Å². The topological polar surface area (TPSA) is 49.4 Å². The Morgan fingerprint density at radius 3 is 2.57 bits per heavy atom. The number of thiophene rings is 1. The van der Waals surface area contributed by atoms with Crippen LogP contribution >= 0.6 is 11.3 Å². The predicted molar refractivity (Wildman–Crippen MR) is 115 cm³/mol. The third kappa shape index (κ3) is 4.46. The van der Waals surface area contributed by atoms with Crippen molar-refractivity contribution < 1.29 is 9.59 Å². The Kier molecular flexibility index (Phi) is 5.94. The second kappa shape index (κ2) is 8.08. The molecule has 1 aromatic heterocycles. The molecule has 28 heavy (non-hydrogen) atoms. The average Bonchev–Trinajstić information content (AvgIpc) is 3.31. The summed E-state index contributed by atoms with van der Waals surface area (Å²) in [7, 11) is 1.69. The van der Waals surface area contributed by atoms with Crippen molar-refractivity contribution in [2.45, 2.75) is 40.0 Å². The van der Waals surface area contributed by atoms with E-state index in [1.807, 2.05) is 23.1 Å². The van der Waals surface area contributed by atoms with Crippen molar-refractivity contribution in [3.63, 3.8) is 0 Å². The largest absolute Gasteiger partial charge is 0.359 e. The molecule has 5 heteroatoms. The molecule has 0 radical (unpaired) electrons. The summed E-state index contributed by atoms with van der Waals surface area (Å²) >= 11 is 1.71. The molecule has 1 aliphatic rings. The van der Waals surface area contributed by atoms with Gasteiger partial charge in [0.1, 0.15) is 0 Å². The van der Waals surface area contributed by atoms with Gasteiger partial charge in [-0.25, -0.2) is 0 Å². The lowest BCUT2D eigenvalue weighted by Gasteiger charge is -2.29. The second-order valence-corrected chi connectivity index (χ2v) is 9.92. The Bertz CT molecular complexity index is 839. The van der Waals surface area contributed by atoms with Crippen molar-refractivity contribution in [3.8, 4) is 10.4 Å². The predicted octanol–water partition coefficient (Wildman–Crippen LogP) is 4.36. The average molecular weight is 399 g/mol. The molecule has 2 aromatic rings. The number of amides is 2. The van der Waals surface area contributed by atoms with Crippen LogP contribution < -0.4 is 5.32 Å². The number of nitrogens with one attached hydrogen (secondary N) is 1. The minimum absolute atomic E-state index is 0.0274. The van der Waals surface area contributed by atoms with Crippen LogP contribution in [0.2, 0.25) is 0 Å². The number of rotatable bonds is 5. The van der Waals surface area contributed by atoms with Crippen molar-refractivity contribution in [1.82, 2.24) is 10.2 Å². The van der Waals surface area contributed by atoms with E-state index < -0.39 is 5.41 Å². The molecule has 1 aromatic carbocycles. The van der Waals surface area contributed by atoms with E-state index in [1.165, 1.54) is 16.0 Å². The molecule has 4 nitrogen and oxygen atoms in total. The Balaban J connectivity index is 1.87. The fraction of sp³-hybridized carbons (Fsp3) is 0.478. The number of hydrogen-bond donors (Lipinski definition) is 1. The summed E-state index contributed by atoms with van der Waals surface area (Å²) in [5.41, 5.74) is 1.72. The Hall–Kier alpha value is -2.14. The van der Waals surface area contributed by atoms with E-state index in [4.69, 9.17) is 0 Å². The van der Waals surface area contributed by atoms with Crippen molar-refractivity contribution in [1.29, 1.82) is 0 Å². The zero-order chi connectivity index (χ0) is 20.4. The summed E-state index contributed by atoms with van der Waals surface area (Å²) in [5.74, 6) is 0.171. The molecular weight excluding hydrogens is 368 g/mol. The van der Waals surface area contributed by atoms with E-state index in [0.29, 0.717) is 32.4 Å². The molecule has 1 atom stereocenters. The van der Waals surface area contributed by atoms with Crippen LogP contribution in [0, 0.1) is 10.8 Å². The third-order valence-electron chi connectivity index (χ3n) is 5.43. The Morgan fingerprint density at radius 2 is 1.93 bits per heavy atom. The minimum Gasteiger partial charge on any atom is -0.359 e. The number of nitrogens with zero attached hydrogens (tertiary/aromatic N) is 1. The Morgan fingerprint density at radius 1 is 1.18 bits per heavy atom. The van der Waals surface area contributed by atoms with E-state index in [-0.39, 0.29) is 17.2 Å². The summed E-state index contributed by atoms with van der Waals surface area (Å²) in [6.45, 7) is 7.35. The first-order chi connectivity index (χ1) is 13.2. The summed E-state index contributed by atoms with van der Waals surface area (Å²) in [4.78, 5) is 28.8. The number of carbonyl (C=O) groups is 2. The highest BCUT2D eigenvalue weighted by molar-refractivity contribution is 7.13. The maximum absolute atomic E-state index is 12.9. The molecule has 0 aliphatic carbocycles. The molecule has 0 saturated carbocycles. The molecule has 2 heterocycles. The van der Waals surface area contributed by atoms with Crippen molar-refractivity contribution >= 4 is 23.2 Å². The first kappa shape index (κ1) is 20.6. The number of carbonyl (C=O) groups excluding carboxylic acids is 2. The van der Waals surface area contributed by atoms with Gasteiger partial charge in [0.25, 0.3) is 0 Å². The fourth-order valence-electron chi connectivity index (χ4n) is 4.04. The third-order valence-corrected chi connectivity index (χ3v) is 6.33. The van der Waals surface area contributed by atoms with Crippen LogP contribution in [0.3, 0.4) is 0 Å². The maximum atomic E-state index is 12.9. The van der Waals surface area contributed by atoms with Gasteiger partial charge in [-0.15, -0.1) is 11.3 Å². The van der Waals surface area contributed by atoms with Gasteiger partial charge in [-0.2, -0.15) is 0 Å². The monoisotopic (exact) mass is 398 g/mol. The Labute approximate surface area is 172 Å². The molecule has 1 unspecified atom stereocenters. The molecule has 0 bridgehead atoms. The smallest absolute Gasteiger partial charge is 0.228 e. The highest BCUT2D eigenvalue weighted by atomic mass is 32.1. The molecule has 1 fully saturated rings. The lowest BCUT2D eigenvalue weighted by atomic mass is 9.78. The van der Waals surface area contributed by atoms with E-state index >= 15 is 0 Å². The summed E-state index contributed by atoms with van der Waals surface area (Å²) < 4.78 is 0. The summed E-state index contributed by atoms with van der Waals surface area (Å²) in [6, 6.07) is 12.5. The zero-order valence-corrected chi connectivity index (χ0v) is 18.1. The normalized spacial score (nSPS) is 19.6. The van der Waals surface area contributed by atoms with Crippen LogP contribution in [0.15, 0.2) is 41.8 Å². The molecule has 1 saturated heterocycles. The van der Waals surface area contributed by atoms with Crippen LogP contribution in [-0.4, -0.2) is 36.9 Å². The summed E-state index contributed by atoms with van der Waals surface area (Å²) in [6.07, 6.45) is 1.84. The second-order valence-electron chi connectivity index (χ2n) is 8.97. The van der Waals surface area contributed by atoms with E-state index in [2.05, 4.69) is 49.7 Å². The fourth-order valence-corrected chi connectivity index (χ4v) is 4.82. The molecular formula is C23H30N2O2S. The number of hydrogen-bond acceptors (Lipinski definition) is 3. The maximum Gasteiger partial charge on any atom is 0.228 e. The first-order valence-corrected chi connectivity index (χ1v) is 10.7. The van der Waals surface area contributed by atoms with Gasteiger partial charge in [0.15, 0.2) is 0 Å². The van der Waals surface area contributed by atoms with Gasteiger partial charge in [-0.3, -0.25) is 9.59 Å². The molecule has 150 valence electrons. The lowest BCUT2D eigenvalue weighted by molar-refractivity contribution is -0.134. The highest BCUT2D eigenvalue weighted by Crippen LogP contribution is 2.39. The van der Waals surface area contributed by atoms with Crippen molar-refractivity contribution in [2.75, 3.05) is 20.1 Å².